The molecule has 0 aliphatic rings. The van der Waals surface area contributed by atoms with E-state index in [1.54, 1.807) is 19.1 Å². The van der Waals surface area contributed by atoms with Crippen LogP contribution in [0.25, 0.3) is 0 Å². The van der Waals surface area contributed by atoms with Crippen molar-refractivity contribution in [1.29, 1.82) is 0 Å². The Bertz CT molecular complexity index is 613. The maximum atomic E-state index is 12.1. The molecule has 1 aromatic rings. The Hall–Kier alpha value is -2.41. The van der Waals surface area contributed by atoms with E-state index in [-0.39, 0.29) is 12.5 Å². The summed E-state index contributed by atoms with van der Waals surface area (Å²) in [5.74, 6) is -2.81. The molecule has 0 radical (unpaired) electrons. The second kappa shape index (κ2) is 12.1. The first kappa shape index (κ1) is 22.6. The number of hydrogen-bond acceptors (Lipinski definition) is 4. The molecular formula is C20H29NO6. The van der Waals surface area contributed by atoms with Crippen molar-refractivity contribution in [2.45, 2.75) is 52.0 Å². The minimum Gasteiger partial charge on any atom is -0.481 e. The lowest BCUT2D eigenvalue weighted by molar-refractivity contribution is -0.143. The number of carbonyl (C=O) groups excluding carboxylic acids is 1. The molecule has 1 aromatic carbocycles. The zero-order valence-electron chi connectivity index (χ0n) is 15.9. The van der Waals surface area contributed by atoms with Crippen molar-refractivity contribution < 1.29 is 29.3 Å². The number of carboxylic acid groups (broad SMARTS) is 2. The zero-order valence-corrected chi connectivity index (χ0v) is 15.9. The maximum Gasteiger partial charge on any atom is 0.326 e. The van der Waals surface area contributed by atoms with Gasteiger partial charge in [-0.05, 0) is 38.8 Å². The van der Waals surface area contributed by atoms with Crippen molar-refractivity contribution in [3.05, 3.63) is 35.4 Å². The number of benzene rings is 1. The SMILES string of the molecule is Cc1ccc(C(=O)NC(CCCCCCOCC(C)C(=O)O)C(=O)O)cc1. The largest absolute Gasteiger partial charge is 0.481 e. The smallest absolute Gasteiger partial charge is 0.326 e. The van der Waals surface area contributed by atoms with Crippen LogP contribution in [0, 0.1) is 12.8 Å². The third kappa shape index (κ3) is 9.19. The molecule has 0 aliphatic heterocycles. The molecule has 0 bridgehead atoms. The van der Waals surface area contributed by atoms with Gasteiger partial charge < -0.3 is 20.3 Å². The summed E-state index contributed by atoms with van der Waals surface area (Å²) in [4.78, 5) is 34.2. The number of hydrogen-bond donors (Lipinski definition) is 3. The summed E-state index contributed by atoms with van der Waals surface area (Å²) in [6.45, 7) is 4.20. The molecule has 1 amide bonds. The van der Waals surface area contributed by atoms with Crippen molar-refractivity contribution >= 4 is 17.8 Å². The number of rotatable bonds is 13. The normalized spacial score (nSPS) is 13.0. The van der Waals surface area contributed by atoms with Gasteiger partial charge in [0.25, 0.3) is 5.91 Å². The average Bonchev–Trinajstić information content (AvgIpc) is 2.62. The van der Waals surface area contributed by atoms with Crippen LogP contribution in [0.5, 0.6) is 0 Å². The number of amides is 1. The summed E-state index contributed by atoms with van der Waals surface area (Å²) in [6.07, 6.45) is 3.52. The number of ether oxygens (including phenoxy) is 1. The first-order valence-electron chi connectivity index (χ1n) is 9.22. The van der Waals surface area contributed by atoms with Crippen molar-refractivity contribution in [2.24, 2.45) is 5.92 Å². The van der Waals surface area contributed by atoms with E-state index in [1.807, 2.05) is 19.1 Å². The van der Waals surface area contributed by atoms with Gasteiger partial charge in [-0.3, -0.25) is 9.59 Å². The Morgan fingerprint density at radius 2 is 1.63 bits per heavy atom. The highest BCUT2D eigenvalue weighted by atomic mass is 16.5. The van der Waals surface area contributed by atoms with Gasteiger partial charge in [-0.1, -0.05) is 37.0 Å². The van der Waals surface area contributed by atoms with Crippen LogP contribution >= 0.6 is 0 Å². The molecule has 2 unspecified atom stereocenters. The van der Waals surface area contributed by atoms with E-state index in [4.69, 9.17) is 9.84 Å². The lowest BCUT2D eigenvalue weighted by Crippen LogP contribution is -2.40. The minimum absolute atomic E-state index is 0.196. The van der Waals surface area contributed by atoms with Gasteiger partial charge in [0.15, 0.2) is 0 Å². The van der Waals surface area contributed by atoms with Crippen LogP contribution in [-0.4, -0.2) is 47.3 Å². The second-order valence-corrected chi connectivity index (χ2v) is 6.75. The molecule has 7 heteroatoms. The van der Waals surface area contributed by atoms with Crippen LogP contribution in [0.4, 0.5) is 0 Å². The molecule has 150 valence electrons. The molecule has 2 atom stereocenters. The summed E-state index contributed by atoms with van der Waals surface area (Å²) in [5.41, 5.74) is 1.47. The van der Waals surface area contributed by atoms with Crippen molar-refractivity contribution in [3.8, 4) is 0 Å². The van der Waals surface area contributed by atoms with Crippen LogP contribution < -0.4 is 5.32 Å². The Labute approximate surface area is 159 Å². The quantitative estimate of drug-likeness (QED) is 0.454. The minimum atomic E-state index is -1.04. The number of carboxylic acids is 2. The van der Waals surface area contributed by atoms with E-state index < -0.39 is 23.9 Å². The summed E-state index contributed by atoms with van der Waals surface area (Å²) >= 11 is 0. The molecule has 0 spiro atoms. The zero-order chi connectivity index (χ0) is 20.2. The standard InChI is InChI=1S/C20H29NO6/c1-14-8-10-16(11-9-14)18(22)21-17(20(25)26)7-5-3-4-6-12-27-13-15(2)19(23)24/h8-11,15,17H,3-7,12-13H2,1-2H3,(H,21,22)(H,23,24)(H,25,26). The first-order valence-corrected chi connectivity index (χ1v) is 9.22. The van der Waals surface area contributed by atoms with Gasteiger partial charge in [-0.25, -0.2) is 4.79 Å². The molecule has 27 heavy (non-hydrogen) atoms. The fourth-order valence-electron chi connectivity index (χ4n) is 2.44. The van der Waals surface area contributed by atoms with E-state index in [1.165, 1.54) is 0 Å². The van der Waals surface area contributed by atoms with Crippen LogP contribution in [0.15, 0.2) is 24.3 Å². The average molecular weight is 379 g/mol. The summed E-state index contributed by atoms with van der Waals surface area (Å²) in [7, 11) is 0. The van der Waals surface area contributed by atoms with Crippen molar-refractivity contribution in [3.63, 3.8) is 0 Å². The maximum absolute atomic E-state index is 12.1. The lowest BCUT2D eigenvalue weighted by Gasteiger charge is -2.14. The molecule has 0 saturated carbocycles. The fraction of sp³-hybridized carbons (Fsp3) is 0.550. The van der Waals surface area contributed by atoms with Gasteiger partial charge in [0.2, 0.25) is 0 Å². The summed E-state index contributed by atoms with van der Waals surface area (Å²) in [5, 5.41) is 20.6. The third-order valence-electron chi connectivity index (χ3n) is 4.24. The van der Waals surface area contributed by atoms with Crippen molar-refractivity contribution in [1.82, 2.24) is 5.32 Å². The lowest BCUT2D eigenvalue weighted by atomic mass is 10.1. The van der Waals surface area contributed by atoms with Gasteiger partial charge in [0, 0.05) is 12.2 Å². The number of aryl methyl sites for hydroxylation is 1. The van der Waals surface area contributed by atoms with E-state index in [9.17, 15) is 19.5 Å². The van der Waals surface area contributed by atoms with Gasteiger partial charge >= 0.3 is 11.9 Å². The van der Waals surface area contributed by atoms with Gasteiger partial charge in [0.05, 0.1) is 12.5 Å². The molecule has 0 aromatic heterocycles. The predicted molar refractivity (Wildman–Crippen MR) is 101 cm³/mol. The third-order valence-corrected chi connectivity index (χ3v) is 4.24. The number of nitrogens with one attached hydrogen (secondary N) is 1. The second-order valence-electron chi connectivity index (χ2n) is 6.75. The number of unbranched alkanes of at least 4 members (excludes halogenated alkanes) is 3. The number of aliphatic carboxylic acids is 2. The Kier molecular flexibility index (Phi) is 10.1. The highest BCUT2D eigenvalue weighted by molar-refractivity contribution is 5.96. The molecule has 0 aliphatic carbocycles. The van der Waals surface area contributed by atoms with Crippen LogP contribution in [0.2, 0.25) is 0 Å². The monoisotopic (exact) mass is 379 g/mol. The Balaban J connectivity index is 2.23. The molecule has 3 N–H and O–H groups in total. The topological polar surface area (TPSA) is 113 Å². The van der Waals surface area contributed by atoms with Crippen molar-refractivity contribution in [2.75, 3.05) is 13.2 Å². The van der Waals surface area contributed by atoms with E-state index >= 15 is 0 Å². The van der Waals surface area contributed by atoms with E-state index in [0.717, 1.165) is 24.8 Å². The highest BCUT2D eigenvalue weighted by Crippen LogP contribution is 2.09. The number of carbonyl (C=O) groups is 3. The van der Waals surface area contributed by atoms with E-state index in [2.05, 4.69) is 5.32 Å². The Morgan fingerprint density at radius 3 is 2.22 bits per heavy atom. The predicted octanol–water partition coefficient (Wildman–Crippen LogP) is 2.87. The van der Waals surface area contributed by atoms with Gasteiger partial charge in [0.1, 0.15) is 6.04 Å². The summed E-state index contributed by atoms with van der Waals surface area (Å²) in [6, 6.07) is 6.06. The first-order chi connectivity index (χ1) is 12.8. The van der Waals surface area contributed by atoms with Crippen LogP contribution in [-0.2, 0) is 14.3 Å². The molecule has 0 fully saturated rings. The molecule has 1 rings (SSSR count). The summed E-state index contributed by atoms with van der Waals surface area (Å²) < 4.78 is 5.30. The van der Waals surface area contributed by atoms with Crippen LogP contribution in [0.1, 0.15) is 54.9 Å². The fourth-order valence-corrected chi connectivity index (χ4v) is 2.44. The molecule has 7 nitrogen and oxygen atoms in total. The molecular weight excluding hydrogens is 350 g/mol. The molecule has 0 heterocycles. The highest BCUT2D eigenvalue weighted by Gasteiger charge is 2.20. The van der Waals surface area contributed by atoms with E-state index in [0.29, 0.717) is 25.0 Å². The van der Waals surface area contributed by atoms with Gasteiger partial charge in [-0.2, -0.15) is 0 Å². The van der Waals surface area contributed by atoms with Crippen LogP contribution in [0.3, 0.4) is 0 Å². The molecule has 0 saturated heterocycles. The van der Waals surface area contributed by atoms with Gasteiger partial charge in [-0.15, -0.1) is 0 Å². The Morgan fingerprint density at radius 1 is 1.00 bits per heavy atom.